The summed E-state index contributed by atoms with van der Waals surface area (Å²) in [4.78, 5) is 192. The van der Waals surface area contributed by atoms with Crippen molar-refractivity contribution in [3.63, 3.8) is 0 Å². The van der Waals surface area contributed by atoms with Crippen molar-refractivity contribution in [2.24, 2.45) is 35.5 Å². The minimum atomic E-state index is -4.47. The Labute approximate surface area is 620 Å². The van der Waals surface area contributed by atoms with Gasteiger partial charge >= 0.3 is 6.18 Å². The van der Waals surface area contributed by atoms with E-state index in [9.17, 15) is 41.9 Å². The Kier molecular flexibility index (Phi) is 30.5. The van der Waals surface area contributed by atoms with Gasteiger partial charge in [0.15, 0.2) is 0 Å². The molecule has 12 atom stereocenters. The Hall–Kier alpha value is -6.72. The molecule has 7 aliphatic rings. The highest BCUT2D eigenvalue weighted by Gasteiger charge is 2.54. The summed E-state index contributed by atoms with van der Waals surface area (Å²) in [5.41, 5.74) is -1.62. The SMILES string of the molecule is CCO[C@@H]1C[C@H]2C(=O)NC3(CCC3)C(=O)N(C)[C@@H](C3CCCC3)C(=O)N(C)[C@H](C(=O)N(C)C)CC(=O)N(C)[C@@H](CC(C)C)C(=O)N[C@@H]([C@@H](C)CC)C(=O)N(C)CC(=O)N(C)[C@H]3C/C=C\CCN(C3=O)[C@@H](CC3CCC(C(F)(F)F)CC3)C(=O)N(C)CC(=O)N[C@@H](CCC3CC(F)C(Cl)C(F)C3)C(=O)N2C1. The highest BCUT2D eigenvalue weighted by molar-refractivity contribution is 6.21. The Morgan fingerprint density at radius 3 is 1.88 bits per heavy atom. The van der Waals surface area contributed by atoms with E-state index in [1.807, 2.05) is 13.8 Å². The van der Waals surface area contributed by atoms with E-state index in [1.165, 1.54) is 80.9 Å². The maximum atomic E-state index is 15.5. The van der Waals surface area contributed by atoms with E-state index in [4.69, 9.17) is 16.3 Å². The molecule has 105 heavy (non-hydrogen) atoms. The molecule has 25 nitrogen and oxygen atoms in total. The number of rotatable bonds is 13. The zero-order valence-electron chi connectivity index (χ0n) is 63.7. The summed E-state index contributed by atoms with van der Waals surface area (Å²) in [5, 5.41) is 7.22. The Morgan fingerprint density at radius 1 is 0.676 bits per heavy atom. The van der Waals surface area contributed by atoms with Gasteiger partial charge in [-0.25, -0.2) is 8.78 Å². The summed E-state index contributed by atoms with van der Waals surface area (Å²) in [6, 6.07) is -10.8. The molecule has 12 amide bonds. The first kappa shape index (κ1) is 85.5. The lowest BCUT2D eigenvalue weighted by molar-refractivity contribution is -0.184. The summed E-state index contributed by atoms with van der Waals surface area (Å²) in [6.45, 7) is 7.39. The molecule has 3 N–H and O–H groups in total. The van der Waals surface area contributed by atoms with Crippen molar-refractivity contribution in [2.45, 2.75) is 260 Å². The molecule has 4 saturated carbocycles. The molecule has 1 spiro atoms. The third-order valence-corrected chi connectivity index (χ3v) is 24.0. The van der Waals surface area contributed by atoms with E-state index in [2.05, 4.69) is 16.0 Å². The van der Waals surface area contributed by atoms with Gasteiger partial charge in [-0.1, -0.05) is 59.1 Å². The first-order valence-corrected chi connectivity index (χ1v) is 38.3. The number of carbonyl (C=O) groups excluding carboxylic acids is 12. The van der Waals surface area contributed by atoms with Gasteiger partial charge in [0.2, 0.25) is 70.9 Å². The molecule has 2 unspecified atom stereocenters. The number of ether oxygens (including phenoxy) is 1. The van der Waals surface area contributed by atoms with Crippen LogP contribution >= 0.6 is 11.6 Å². The predicted molar refractivity (Wildman–Crippen MR) is 381 cm³/mol. The molecule has 2 bridgehead atoms. The molecule has 0 aromatic heterocycles. The number of nitrogens with zero attached hydrogens (tertiary/aromatic N) is 9. The minimum absolute atomic E-state index is 0.0165. The van der Waals surface area contributed by atoms with Gasteiger partial charge in [0.1, 0.15) is 66.2 Å². The topological polar surface area (TPSA) is 279 Å². The Balaban J connectivity index is 1.32. The summed E-state index contributed by atoms with van der Waals surface area (Å²) < 4.78 is 79.0. The monoisotopic (exact) mass is 1510 g/mol. The second-order valence-electron chi connectivity index (χ2n) is 31.5. The van der Waals surface area contributed by atoms with Crippen molar-refractivity contribution in [1.82, 2.24) is 60.0 Å². The second kappa shape index (κ2) is 37.4. The zero-order valence-corrected chi connectivity index (χ0v) is 64.5. The largest absolute Gasteiger partial charge is 0.391 e. The molecular weight excluding hydrogens is 1400 g/mol. The van der Waals surface area contributed by atoms with Gasteiger partial charge in [0, 0.05) is 82.5 Å². The average Bonchev–Trinajstić information content (AvgIpc) is 1.71. The molecule has 2 saturated heterocycles. The van der Waals surface area contributed by atoms with Crippen molar-refractivity contribution >= 4 is 82.5 Å². The molecule has 7 rings (SSSR count). The van der Waals surface area contributed by atoms with Crippen LogP contribution < -0.4 is 16.0 Å². The molecule has 3 heterocycles. The van der Waals surface area contributed by atoms with Crippen LogP contribution in [0.15, 0.2) is 12.2 Å². The zero-order chi connectivity index (χ0) is 77.9. The number of amides is 12. The van der Waals surface area contributed by atoms with Crippen LogP contribution in [0.25, 0.3) is 0 Å². The molecule has 592 valence electrons. The van der Waals surface area contributed by atoms with Gasteiger partial charge < -0.3 is 64.8 Å². The van der Waals surface area contributed by atoms with Crippen LogP contribution in [-0.2, 0) is 62.3 Å². The maximum absolute atomic E-state index is 15.5. The van der Waals surface area contributed by atoms with Crippen molar-refractivity contribution in [3.05, 3.63) is 12.2 Å². The second-order valence-corrected chi connectivity index (χ2v) is 32.0. The van der Waals surface area contributed by atoms with Crippen LogP contribution in [0.3, 0.4) is 0 Å². The number of halogens is 6. The number of hydrogen-bond donors (Lipinski definition) is 3. The average molecular weight is 1510 g/mol. The van der Waals surface area contributed by atoms with Crippen LogP contribution in [-0.4, -0.2) is 288 Å². The smallest absolute Gasteiger partial charge is 0.377 e. The van der Waals surface area contributed by atoms with Gasteiger partial charge in [-0.15, -0.1) is 11.6 Å². The molecule has 4 aliphatic carbocycles. The Bertz CT molecular complexity index is 3120. The van der Waals surface area contributed by atoms with Crippen molar-refractivity contribution in [1.29, 1.82) is 0 Å². The van der Waals surface area contributed by atoms with Crippen LogP contribution in [0.4, 0.5) is 22.0 Å². The summed E-state index contributed by atoms with van der Waals surface area (Å²) >= 11 is 6.09. The van der Waals surface area contributed by atoms with Crippen molar-refractivity contribution < 1.29 is 84.2 Å². The number of alkyl halides is 6. The van der Waals surface area contributed by atoms with E-state index >= 15 is 37.5 Å². The summed E-state index contributed by atoms with van der Waals surface area (Å²) in [5.74, 6) is -12.7. The number of carbonyl (C=O) groups is 12. The fraction of sp³-hybridized carbons (Fsp3) is 0.811. The van der Waals surface area contributed by atoms with Crippen LogP contribution in [0.2, 0.25) is 0 Å². The minimum Gasteiger partial charge on any atom is -0.377 e. The summed E-state index contributed by atoms with van der Waals surface area (Å²) in [6.07, 6.45) is -3.29. The van der Waals surface area contributed by atoms with E-state index in [1.54, 1.807) is 32.9 Å². The number of likely N-dealkylation sites (N-methyl/N-ethyl adjacent to an activating group) is 7. The van der Waals surface area contributed by atoms with E-state index in [0.717, 1.165) is 19.6 Å². The third-order valence-electron chi connectivity index (χ3n) is 23.4. The summed E-state index contributed by atoms with van der Waals surface area (Å²) in [7, 11) is 11.2. The molecule has 31 heteroatoms. The van der Waals surface area contributed by atoms with Gasteiger partial charge in [-0.2, -0.15) is 13.2 Å². The van der Waals surface area contributed by atoms with Gasteiger partial charge in [0.05, 0.1) is 36.9 Å². The van der Waals surface area contributed by atoms with Gasteiger partial charge in [0.25, 0.3) is 0 Å². The fourth-order valence-corrected chi connectivity index (χ4v) is 16.8. The molecule has 3 aliphatic heterocycles. The van der Waals surface area contributed by atoms with Crippen molar-refractivity contribution in [2.75, 3.05) is 89.2 Å². The molecular formula is C74H116ClF5N12O13. The van der Waals surface area contributed by atoms with E-state index in [-0.39, 0.29) is 122 Å². The van der Waals surface area contributed by atoms with Crippen LogP contribution in [0.1, 0.15) is 176 Å². The molecule has 0 aromatic carbocycles. The number of nitrogens with one attached hydrogen (secondary N) is 3. The quantitative estimate of drug-likeness (QED) is 0.112. The predicted octanol–water partition coefficient (Wildman–Crippen LogP) is 5.78. The molecule has 0 aromatic rings. The van der Waals surface area contributed by atoms with Crippen molar-refractivity contribution in [3.8, 4) is 0 Å². The Morgan fingerprint density at radius 2 is 1.30 bits per heavy atom. The lowest BCUT2D eigenvalue weighted by atomic mass is 9.74. The molecule has 0 radical (unpaired) electrons. The normalized spacial score (nSPS) is 32.4. The first-order valence-electron chi connectivity index (χ1n) is 37.9. The lowest BCUT2D eigenvalue weighted by Crippen LogP contribution is -2.68. The maximum Gasteiger partial charge on any atom is 0.391 e. The third kappa shape index (κ3) is 21.0. The first-order chi connectivity index (χ1) is 49.4. The fourth-order valence-electron chi connectivity index (χ4n) is 16.6. The van der Waals surface area contributed by atoms with Gasteiger partial charge in [-0.3, -0.25) is 57.5 Å². The van der Waals surface area contributed by atoms with Crippen LogP contribution in [0, 0.1) is 35.5 Å². The number of fused-ring (bicyclic) bond motifs is 3. The van der Waals surface area contributed by atoms with E-state index in [0.29, 0.717) is 38.5 Å². The number of hydrogen-bond acceptors (Lipinski definition) is 13. The molecule has 6 fully saturated rings. The highest BCUT2D eigenvalue weighted by atomic mass is 35.5. The highest BCUT2D eigenvalue weighted by Crippen LogP contribution is 2.43. The standard InChI is InChI=1S/C74H116ClF5N12O13/c1-14-44(5)62-70(102)86(9)42-60(95)87(10)53-24-17-16-20-33-91(69(53)101)57(37-45-25-28-48(29-26-45)74(78,79)80)68(100)85(8)41-58(93)81-52(30-27-46-35-50(76)61(75)51(77)36-46)66(98)92-40-49(105-15-2)38-55(92)65(97)83-73(31-21-32-73)72(104)90(13)63(47-22-18-19-23-47)71(103)89(12)56(67(99)84(6)7)39-59(94)88(11)54(34-43(3)4)64(96)82-62/h16-17,43-57,61-63H,14-15,18-42H2,1-13H3,(H,81,93)(H,82,96)(H,83,97)/b17-16-/t44-,45?,46?,48?,49+,50?,51?,52-,53-,54-,55-,56-,57-,61?,62-,63-/m0/s1. The van der Waals surface area contributed by atoms with E-state index < -0.39 is 204 Å². The van der Waals surface area contributed by atoms with Gasteiger partial charge in [-0.05, 0) is 146 Å². The lowest BCUT2D eigenvalue weighted by Gasteiger charge is -2.46. The van der Waals surface area contributed by atoms with Crippen LogP contribution in [0.5, 0.6) is 0 Å².